The number of halogens is 1. The summed E-state index contributed by atoms with van der Waals surface area (Å²) in [4.78, 5) is 11.1. The fourth-order valence-corrected chi connectivity index (χ4v) is 1.47. The van der Waals surface area contributed by atoms with Crippen molar-refractivity contribution >= 4 is 23.1 Å². The number of esters is 1. The Hall–Kier alpha value is -1.28. The Labute approximate surface area is 94.5 Å². The summed E-state index contributed by atoms with van der Waals surface area (Å²) in [5, 5.41) is 0.664. The summed E-state index contributed by atoms with van der Waals surface area (Å²) in [7, 11) is 1.37. The Morgan fingerprint density at radius 2 is 2.27 bits per heavy atom. The second-order valence-corrected chi connectivity index (χ2v) is 3.49. The molecule has 0 saturated carbocycles. The quantitative estimate of drug-likeness (QED) is 0.582. The van der Waals surface area contributed by atoms with E-state index < -0.39 is 0 Å². The minimum Gasteiger partial charge on any atom is -0.466 e. The molecule has 1 aromatic carbocycles. The third kappa shape index (κ3) is 3.40. The van der Waals surface area contributed by atoms with Crippen LogP contribution in [0.25, 0.3) is 5.57 Å². The van der Waals surface area contributed by atoms with Crippen LogP contribution < -0.4 is 0 Å². The molecule has 15 heavy (non-hydrogen) atoms. The summed E-state index contributed by atoms with van der Waals surface area (Å²) in [6.07, 6.45) is 2.25. The van der Waals surface area contributed by atoms with E-state index in [1.807, 2.05) is 25.1 Å². The first kappa shape index (κ1) is 11.8. The van der Waals surface area contributed by atoms with Crippen LogP contribution in [0.4, 0.5) is 0 Å². The molecule has 0 aliphatic carbocycles. The van der Waals surface area contributed by atoms with Crippen LogP contribution in [0.1, 0.15) is 18.9 Å². The Morgan fingerprint density at radius 1 is 1.53 bits per heavy atom. The van der Waals surface area contributed by atoms with Gasteiger partial charge in [-0.1, -0.05) is 30.7 Å². The van der Waals surface area contributed by atoms with Crippen LogP contribution in [0.15, 0.2) is 30.3 Å². The molecule has 2 nitrogen and oxygen atoms in total. The van der Waals surface area contributed by atoms with Crippen LogP contribution in [0, 0.1) is 0 Å². The van der Waals surface area contributed by atoms with Gasteiger partial charge in [-0.05, 0) is 29.7 Å². The summed E-state index contributed by atoms with van der Waals surface area (Å²) >= 11 is 5.87. The standard InChI is InChI=1S/C12H13ClO2/c1-3-9(8-12(14)15-2)10-5-4-6-11(13)7-10/h4-8H,3H2,1-2H3/b9-8-. The maximum atomic E-state index is 11.1. The van der Waals surface area contributed by atoms with E-state index >= 15 is 0 Å². The van der Waals surface area contributed by atoms with E-state index in [1.54, 1.807) is 6.07 Å². The molecule has 0 unspecified atom stereocenters. The van der Waals surface area contributed by atoms with Gasteiger partial charge in [-0.3, -0.25) is 0 Å². The van der Waals surface area contributed by atoms with E-state index in [0.717, 1.165) is 17.6 Å². The summed E-state index contributed by atoms with van der Waals surface area (Å²) in [5.74, 6) is -0.341. The van der Waals surface area contributed by atoms with Gasteiger partial charge in [-0.25, -0.2) is 4.79 Å². The van der Waals surface area contributed by atoms with Gasteiger partial charge in [0.2, 0.25) is 0 Å². The molecule has 0 amide bonds. The van der Waals surface area contributed by atoms with Gasteiger partial charge in [0.1, 0.15) is 0 Å². The number of ether oxygens (including phenoxy) is 1. The van der Waals surface area contributed by atoms with Gasteiger partial charge in [0.15, 0.2) is 0 Å². The minimum atomic E-state index is -0.341. The van der Waals surface area contributed by atoms with Crippen molar-refractivity contribution in [3.8, 4) is 0 Å². The van der Waals surface area contributed by atoms with Gasteiger partial charge < -0.3 is 4.74 Å². The molecule has 3 heteroatoms. The summed E-state index contributed by atoms with van der Waals surface area (Å²) in [5.41, 5.74) is 1.87. The highest BCUT2D eigenvalue weighted by Gasteiger charge is 2.03. The van der Waals surface area contributed by atoms with Gasteiger partial charge in [0, 0.05) is 11.1 Å². The van der Waals surface area contributed by atoms with Crippen molar-refractivity contribution in [2.24, 2.45) is 0 Å². The van der Waals surface area contributed by atoms with Gasteiger partial charge >= 0.3 is 5.97 Å². The molecule has 0 N–H and O–H groups in total. The predicted molar refractivity (Wildman–Crippen MR) is 61.7 cm³/mol. The van der Waals surface area contributed by atoms with E-state index in [9.17, 15) is 4.79 Å². The Balaban J connectivity index is 3.02. The summed E-state index contributed by atoms with van der Waals surface area (Å²) < 4.78 is 4.59. The molecule has 0 spiro atoms. The average molecular weight is 225 g/mol. The van der Waals surface area contributed by atoms with Gasteiger partial charge in [0.05, 0.1) is 7.11 Å². The van der Waals surface area contributed by atoms with Gasteiger partial charge in [-0.15, -0.1) is 0 Å². The van der Waals surface area contributed by atoms with Crippen LogP contribution in [0.3, 0.4) is 0 Å². The number of benzene rings is 1. The van der Waals surface area contributed by atoms with Gasteiger partial charge in [0.25, 0.3) is 0 Å². The van der Waals surface area contributed by atoms with Crippen molar-refractivity contribution in [1.29, 1.82) is 0 Å². The number of hydrogen-bond donors (Lipinski definition) is 0. The Bertz CT molecular complexity index is 383. The van der Waals surface area contributed by atoms with Gasteiger partial charge in [-0.2, -0.15) is 0 Å². The largest absolute Gasteiger partial charge is 0.466 e. The van der Waals surface area contributed by atoms with Crippen molar-refractivity contribution in [1.82, 2.24) is 0 Å². The first-order valence-electron chi connectivity index (χ1n) is 4.71. The molecule has 1 rings (SSSR count). The first-order valence-corrected chi connectivity index (χ1v) is 5.09. The first-order chi connectivity index (χ1) is 7.17. The van der Waals surface area contributed by atoms with Crippen LogP contribution in [-0.2, 0) is 9.53 Å². The maximum absolute atomic E-state index is 11.1. The topological polar surface area (TPSA) is 26.3 Å². The molecule has 0 aliphatic rings. The van der Waals surface area contributed by atoms with Crippen molar-refractivity contribution in [3.05, 3.63) is 40.9 Å². The minimum absolute atomic E-state index is 0.341. The molecule has 0 aromatic heterocycles. The Morgan fingerprint density at radius 3 is 2.80 bits per heavy atom. The molecular weight excluding hydrogens is 212 g/mol. The van der Waals surface area contributed by atoms with Crippen molar-refractivity contribution in [2.45, 2.75) is 13.3 Å². The lowest BCUT2D eigenvalue weighted by molar-refractivity contribution is -0.134. The van der Waals surface area contributed by atoms with Crippen molar-refractivity contribution < 1.29 is 9.53 Å². The zero-order valence-electron chi connectivity index (χ0n) is 8.79. The molecule has 0 bridgehead atoms. The zero-order chi connectivity index (χ0) is 11.3. The summed E-state index contributed by atoms with van der Waals surface area (Å²) in [6.45, 7) is 1.98. The third-order valence-corrected chi connectivity index (χ3v) is 2.30. The molecule has 0 radical (unpaired) electrons. The molecule has 80 valence electrons. The molecule has 0 atom stereocenters. The smallest absolute Gasteiger partial charge is 0.330 e. The maximum Gasteiger partial charge on any atom is 0.330 e. The highest BCUT2D eigenvalue weighted by atomic mass is 35.5. The Kier molecular flexibility index (Phi) is 4.37. The highest BCUT2D eigenvalue weighted by molar-refractivity contribution is 6.30. The lowest BCUT2D eigenvalue weighted by Crippen LogP contribution is -1.96. The molecule has 0 saturated heterocycles. The fraction of sp³-hybridized carbons (Fsp3) is 0.250. The fourth-order valence-electron chi connectivity index (χ4n) is 1.28. The van der Waals surface area contributed by atoms with E-state index in [2.05, 4.69) is 4.74 Å². The van der Waals surface area contributed by atoms with Crippen LogP contribution in [-0.4, -0.2) is 13.1 Å². The number of hydrogen-bond acceptors (Lipinski definition) is 2. The monoisotopic (exact) mass is 224 g/mol. The second kappa shape index (κ2) is 5.56. The van der Waals surface area contributed by atoms with E-state index in [1.165, 1.54) is 13.2 Å². The average Bonchev–Trinajstić information content (AvgIpc) is 2.25. The molecule has 1 aromatic rings. The normalized spacial score (nSPS) is 11.3. The van der Waals surface area contributed by atoms with Crippen LogP contribution >= 0.6 is 11.6 Å². The van der Waals surface area contributed by atoms with E-state index in [4.69, 9.17) is 11.6 Å². The highest BCUT2D eigenvalue weighted by Crippen LogP contribution is 2.21. The second-order valence-electron chi connectivity index (χ2n) is 3.06. The molecule has 0 aliphatic heterocycles. The number of carbonyl (C=O) groups excluding carboxylic acids is 1. The predicted octanol–water partition coefficient (Wildman–Crippen LogP) is 3.31. The lowest BCUT2D eigenvalue weighted by atomic mass is 10.0. The lowest BCUT2D eigenvalue weighted by Gasteiger charge is -2.04. The van der Waals surface area contributed by atoms with Crippen LogP contribution in [0.5, 0.6) is 0 Å². The van der Waals surface area contributed by atoms with E-state index in [-0.39, 0.29) is 5.97 Å². The number of rotatable bonds is 3. The molecular formula is C12H13ClO2. The molecule has 0 fully saturated rings. The number of methoxy groups -OCH3 is 1. The zero-order valence-corrected chi connectivity index (χ0v) is 9.54. The van der Waals surface area contributed by atoms with Crippen LogP contribution in [0.2, 0.25) is 5.02 Å². The number of allylic oxidation sites excluding steroid dienone is 1. The number of carbonyl (C=O) groups is 1. The molecule has 0 heterocycles. The SMILES string of the molecule is CC/C(=C/C(=O)OC)c1cccc(Cl)c1. The van der Waals surface area contributed by atoms with E-state index in [0.29, 0.717) is 5.02 Å². The third-order valence-electron chi connectivity index (χ3n) is 2.07. The summed E-state index contributed by atoms with van der Waals surface area (Å²) in [6, 6.07) is 7.42. The van der Waals surface area contributed by atoms with Crippen molar-refractivity contribution in [3.63, 3.8) is 0 Å². The van der Waals surface area contributed by atoms with Crippen molar-refractivity contribution in [2.75, 3.05) is 7.11 Å².